The van der Waals surface area contributed by atoms with Crippen molar-refractivity contribution in [1.29, 1.82) is 0 Å². The van der Waals surface area contributed by atoms with E-state index in [1.54, 1.807) is 42.5 Å². The SMILES string of the molecule is COc1c(Cl)cccc1C(=O)P(=O)(Cc1ccccc1)c1ccccc1. The van der Waals surface area contributed by atoms with Crippen LogP contribution in [0.3, 0.4) is 0 Å². The molecule has 0 aliphatic carbocycles. The minimum Gasteiger partial charge on any atom is -0.494 e. The third kappa shape index (κ3) is 3.60. The van der Waals surface area contributed by atoms with Crippen LogP contribution in [0.1, 0.15) is 15.9 Å². The van der Waals surface area contributed by atoms with Gasteiger partial charge in [0.2, 0.25) is 5.52 Å². The molecule has 0 saturated heterocycles. The number of ether oxygens (including phenoxy) is 1. The first-order valence-electron chi connectivity index (χ1n) is 8.12. The largest absolute Gasteiger partial charge is 0.494 e. The molecule has 1 unspecified atom stereocenters. The Hall–Kier alpha value is -2.35. The second-order valence-corrected chi connectivity index (χ2v) is 8.97. The van der Waals surface area contributed by atoms with Gasteiger partial charge in [0.15, 0.2) is 7.14 Å². The van der Waals surface area contributed by atoms with E-state index in [1.807, 2.05) is 36.4 Å². The standard InChI is InChI=1S/C21H18ClO3P/c1-25-20-18(13-8-14-19(20)22)21(23)26(24,17-11-6-3-7-12-17)15-16-9-4-2-5-10-16/h2-14H,15H2,1H3. The summed E-state index contributed by atoms with van der Waals surface area (Å²) in [5.74, 6) is 0.253. The Bertz CT molecular complexity index is 956. The Morgan fingerprint density at radius 1 is 0.923 bits per heavy atom. The van der Waals surface area contributed by atoms with Gasteiger partial charge in [0.25, 0.3) is 0 Å². The van der Waals surface area contributed by atoms with Gasteiger partial charge in [-0.05, 0) is 17.7 Å². The van der Waals surface area contributed by atoms with E-state index in [2.05, 4.69) is 0 Å². The van der Waals surface area contributed by atoms with E-state index in [1.165, 1.54) is 7.11 Å². The Balaban J connectivity index is 2.14. The minimum atomic E-state index is -3.44. The van der Waals surface area contributed by atoms with Crippen LogP contribution < -0.4 is 10.0 Å². The molecule has 0 bridgehead atoms. The maximum Gasteiger partial charge on any atom is 0.229 e. The molecule has 0 heterocycles. The van der Waals surface area contributed by atoms with Crippen molar-refractivity contribution in [3.63, 3.8) is 0 Å². The summed E-state index contributed by atoms with van der Waals surface area (Å²) in [6, 6.07) is 23.2. The molecule has 0 N–H and O–H groups in total. The van der Waals surface area contributed by atoms with Gasteiger partial charge in [-0.2, -0.15) is 0 Å². The molecule has 0 radical (unpaired) electrons. The number of hydrogen-bond acceptors (Lipinski definition) is 3. The van der Waals surface area contributed by atoms with Gasteiger partial charge in [0.05, 0.1) is 17.7 Å². The third-order valence-corrected chi connectivity index (χ3v) is 7.29. The molecule has 132 valence electrons. The Kier molecular flexibility index (Phi) is 5.61. The highest BCUT2D eigenvalue weighted by atomic mass is 35.5. The number of carbonyl (C=O) groups is 1. The fourth-order valence-corrected chi connectivity index (χ4v) is 5.63. The highest BCUT2D eigenvalue weighted by Crippen LogP contribution is 2.52. The molecule has 3 rings (SSSR count). The van der Waals surface area contributed by atoms with Gasteiger partial charge in [0.1, 0.15) is 5.75 Å². The zero-order valence-corrected chi connectivity index (χ0v) is 15.9. The average molecular weight is 385 g/mol. The zero-order valence-electron chi connectivity index (χ0n) is 14.3. The fraction of sp³-hybridized carbons (Fsp3) is 0.0952. The first-order chi connectivity index (χ1) is 12.6. The topological polar surface area (TPSA) is 43.4 Å². The molecule has 0 aliphatic rings. The van der Waals surface area contributed by atoms with Crippen molar-refractivity contribution in [3.8, 4) is 5.75 Å². The van der Waals surface area contributed by atoms with Crippen molar-refractivity contribution in [3.05, 3.63) is 95.0 Å². The molecule has 0 aromatic heterocycles. The summed E-state index contributed by atoms with van der Waals surface area (Å²) in [5.41, 5.74) is 0.629. The number of halogens is 1. The van der Waals surface area contributed by atoms with Crippen molar-refractivity contribution < 1.29 is 14.1 Å². The van der Waals surface area contributed by atoms with Crippen molar-refractivity contribution in [2.24, 2.45) is 0 Å². The van der Waals surface area contributed by atoms with Gasteiger partial charge in [-0.3, -0.25) is 4.79 Å². The van der Waals surface area contributed by atoms with E-state index in [0.717, 1.165) is 5.56 Å². The predicted molar refractivity (Wildman–Crippen MR) is 106 cm³/mol. The van der Waals surface area contributed by atoms with E-state index in [4.69, 9.17) is 16.3 Å². The van der Waals surface area contributed by atoms with Crippen LogP contribution in [-0.4, -0.2) is 12.6 Å². The smallest absolute Gasteiger partial charge is 0.229 e. The molecule has 0 saturated carbocycles. The van der Waals surface area contributed by atoms with Crippen LogP contribution in [-0.2, 0) is 10.7 Å². The molecule has 0 amide bonds. The minimum absolute atomic E-state index is 0.145. The lowest BCUT2D eigenvalue weighted by Gasteiger charge is -2.19. The van der Waals surface area contributed by atoms with Crippen LogP contribution in [0.25, 0.3) is 0 Å². The lowest BCUT2D eigenvalue weighted by Crippen LogP contribution is -2.16. The predicted octanol–water partition coefficient (Wildman–Crippen LogP) is 5.38. The molecule has 5 heteroatoms. The van der Waals surface area contributed by atoms with Crippen LogP contribution in [0.2, 0.25) is 5.02 Å². The van der Waals surface area contributed by atoms with Crippen LogP contribution >= 0.6 is 18.7 Å². The highest BCUT2D eigenvalue weighted by molar-refractivity contribution is 7.86. The van der Waals surface area contributed by atoms with Crippen LogP contribution in [0.4, 0.5) is 0 Å². The summed E-state index contributed by atoms with van der Waals surface area (Å²) in [6.07, 6.45) is 0.145. The molecule has 3 nitrogen and oxygen atoms in total. The monoisotopic (exact) mass is 384 g/mol. The van der Waals surface area contributed by atoms with Crippen LogP contribution in [0.5, 0.6) is 5.75 Å². The Labute approximate surface area is 158 Å². The molecule has 0 spiro atoms. The van der Waals surface area contributed by atoms with Crippen LogP contribution in [0, 0.1) is 0 Å². The quantitative estimate of drug-likeness (QED) is 0.536. The summed E-state index contributed by atoms with van der Waals surface area (Å²) < 4.78 is 19.3. The zero-order chi connectivity index (χ0) is 18.6. The van der Waals surface area contributed by atoms with E-state index in [-0.39, 0.29) is 17.5 Å². The average Bonchev–Trinajstić information content (AvgIpc) is 2.68. The van der Waals surface area contributed by atoms with E-state index in [9.17, 15) is 9.36 Å². The van der Waals surface area contributed by atoms with Crippen molar-refractivity contribution in [2.75, 3.05) is 7.11 Å². The van der Waals surface area contributed by atoms with Crippen molar-refractivity contribution in [2.45, 2.75) is 6.16 Å². The van der Waals surface area contributed by atoms with Crippen LogP contribution in [0.15, 0.2) is 78.9 Å². The second-order valence-electron chi connectivity index (χ2n) is 5.84. The summed E-state index contributed by atoms with van der Waals surface area (Å²) >= 11 is 6.16. The lowest BCUT2D eigenvalue weighted by atomic mass is 10.2. The Morgan fingerprint density at radius 2 is 1.54 bits per heavy atom. The molecular weight excluding hydrogens is 367 g/mol. The number of benzene rings is 3. The van der Waals surface area contributed by atoms with Gasteiger partial charge >= 0.3 is 0 Å². The number of hydrogen-bond donors (Lipinski definition) is 0. The van der Waals surface area contributed by atoms with E-state index >= 15 is 0 Å². The summed E-state index contributed by atoms with van der Waals surface area (Å²) in [4.78, 5) is 13.4. The van der Waals surface area contributed by atoms with Gasteiger partial charge in [0, 0.05) is 11.5 Å². The normalized spacial score (nSPS) is 13.0. The summed E-state index contributed by atoms with van der Waals surface area (Å²) in [5, 5.41) is 0.841. The maximum atomic E-state index is 14.0. The molecular formula is C21H18ClO3P. The Morgan fingerprint density at radius 3 is 2.15 bits per heavy atom. The molecule has 1 atom stereocenters. The van der Waals surface area contributed by atoms with Gasteiger partial charge in [-0.1, -0.05) is 78.3 Å². The van der Waals surface area contributed by atoms with Gasteiger partial charge in [-0.25, -0.2) is 0 Å². The third-order valence-electron chi connectivity index (χ3n) is 4.15. The molecule has 3 aromatic rings. The first kappa shape index (κ1) is 18.4. The van der Waals surface area contributed by atoms with E-state index in [0.29, 0.717) is 10.3 Å². The number of rotatable bonds is 6. The number of carbonyl (C=O) groups excluding carboxylic acids is 1. The van der Waals surface area contributed by atoms with Gasteiger partial charge in [-0.15, -0.1) is 0 Å². The summed E-state index contributed by atoms with van der Waals surface area (Å²) in [7, 11) is -2.00. The molecule has 3 aromatic carbocycles. The maximum absolute atomic E-state index is 14.0. The lowest BCUT2D eigenvalue weighted by molar-refractivity contribution is 0.107. The summed E-state index contributed by atoms with van der Waals surface area (Å²) in [6.45, 7) is 0. The number of para-hydroxylation sites is 1. The van der Waals surface area contributed by atoms with Gasteiger partial charge < -0.3 is 9.30 Å². The van der Waals surface area contributed by atoms with E-state index < -0.39 is 12.7 Å². The van der Waals surface area contributed by atoms with Crippen molar-refractivity contribution in [1.82, 2.24) is 0 Å². The highest BCUT2D eigenvalue weighted by Gasteiger charge is 2.36. The molecule has 26 heavy (non-hydrogen) atoms. The van der Waals surface area contributed by atoms with Crippen molar-refractivity contribution >= 4 is 29.6 Å². The molecule has 0 aliphatic heterocycles. The molecule has 0 fully saturated rings. The second kappa shape index (κ2) is 7.90. The fourth-order valence-electron chi connectivity index (χ4n) is 2.87. The first-order valence-corrected chi connectivity index (χ1v) is 10.4. The number of methoxy groups -OCH3 is 1.